The maximum atomic E-state index is 12.7. The first-order chi connectivity index (χ1) is 13.2. The molecule has 1 saturated heterocycles. The molecule has 140 valence electrons. The third kappa shape index (κ3) is 4.38. The second-order valence-corrected chi connectivity index (χ2v) is 7.58. The predicted molar refractivity (Wildman–Crippen MR) is 104 cm³/mol. The molecule has 0 N–H and O–H groups in total. The molecule has 0 unspecified atom stereocenters. The molecule has 4 rings (SSSR count). The molecule has 2 aromatic rings. The van der Waals surface area contributed by atoms with Gasteiger partial charge in [0.2, 0.25) is 0 Å². The minimum Gasteiger partial charge on any atom is -0.493 e. The van der Waals surface area contributed by atoms with Gasteiger partial charge in [-0.15, -0.1) is 0 Å². The highest BCUT2D eigenvalue weighted by atomic mass is 16.5. The molecule has 2 aliphatic rings. The molecule has 0 bridgehead atoms. The highest BCUT2D eigenvalue weighted by Gasteiger charge is 2.28. The van der Waals surface area contributed by atoms with Crippen molar-refractivity contribution in [3.05, 3.63) is 65.7 Å². The van der Waals surface area contributed by atoms with Crippen LogP contribution in [0.4, 0.5) is 0 Å². The lowest BCUT2D eigenvalue weighted by Crippen LogP contribution is -2.40. The first-order valence-corrected chi connectivity index (χ1v) is 9.82. The van der Waals surface area contributed by atoms with Gasteiger partial charge < -0.3 is 9.64 Å². The maximum absolute atomic E-state index is 12.7. The third-order valence-electron chi connectivity index (χ3n) is 5.50. The van der Waals surface area contributed by atoms with Gasteiger partial charge in [-0.25, -0.2) is 0 Å². The summed E-state index contributed by atoms with van der Waals surface area (Å²) < 4.78 is 5.73. The number of hydrogen-bond donors (Lipinski definition) is 0. The summed E-state index contributed by atoms with van der Waals surface area (Å²) in [7, 11) is 0. The van der Waals surface area contributed by atoms with Crippen molar-refractivity contribution in [2.24, 2.45) is 11.8 Å². The number of ketones is 1. The molecule has 2 fully saturated rings. The van der Waals surface area contributed by atoms with Gasteiger partial charge >= 0.3 is 0 Å². The molecule has 0 aromatic heterocycles. The van der Waals surface area contributed by atoms with E-state index < -0.39 is 0 Å². The number of carbonyl (C=O) groups excluding carboxylic acids is 2. The van der Waals surface area contributed by atoms with Crippen molar-refractivity contribution in [3.63, 3.8) is 0 Å². The minimum absolute atomic E-state index is 0.00894. The monoisotopic (exact) mass is 363 g/mol. The van der Waals surface area contributed by atoms with Crippen LogP contribution in [0.15, 0.2) is 54.6 Å². The van der Waals surface area contributed by atoms with Crippen molar-refractivity contribution < 1.29 is 14.3 Å². The number of likely N-dealkylation sites (tertiary alicyclic amines) is 1. The van der Waals surface area contributed by atoms with Crippen molar-refractivity contribution >= 4 is 11.7 Å². The number of hydrogen-bond acceptors (Lipinski definition) is 3. The quantitative estimate of drug-likeness (QED) is 0.722. The molecule has 1 heterocycles. The van der Waals surface area contributed by atoms with Crippen molar-refractivity contribution in [1.29, 1.82) is 0 Å². The first kappa shape index (κ1) is 17.8. The van der Waals surface area contributed by atoms with Gasteiger partial charge in [-0.3, -0.25) is 9.59 Å². The van der Waals surface area contributed by atoms with Crippen LogP contribution in [0.25, 0.3) is 0 Å². The van der Waals surface area contributed by atoms with Gasteiger partial charge in [0.25, 0.3) is 5.91 Å². The Morgan fingerprint density at radius 2 is 1.52 bits per heavy atom. The van der Waals surface area contributed by atoms with E-state index in [1.807, 2.05) is 59.5 Å². The normalized spacial score (nSPS) is 17.6. The van der Waals surface area contributed by atoms with E-state index in [1.54, 1.807) is 0 Å². The van der Waals surface area contributed by atoms with E-state index in [1.165, 1.54) is 12.8 Å². The van der Waals surface area contributed by atoms with Crippen LogP contribution in [0, 0.1) is 11.8 Å². The Balaban J connectivity index is 1.30. The van der Waals surface area contributed by atoms with E-state index in [-0.39, 0.29) is 17.6 Å². The number of piperidine rings is 1. The number of nitrogens with zero attached hydrogens (tertiary/aromatic N) is 1. The summed E-state index contributed by atoms with van der Waals surface area (Å²) in [6.45, 7) is 2.03. The SMILES string of the molecule is O=C(c1ccccc1)C1CCN(C(=O)c2ccc(OCC3CC3)cc2)CC1. The van der Waals surface area contributed by atoms with Gasteiger partial charge in [0.05, 0.1) is 6.61 Å². The first-order valence-electron chi connectivity index (χ1n) is 9.82. The molecule has 1 saturated carbocycles. The zero-order valence-corrected chi connectivity index (χ0v) is 15.5. The Morgan fingerprint density at radius 1 is 0.852 bits per heavy atom. The van der Waals surface area contributed by atoms with Gasteiger partial charge in [0.1, 0.15) is 5.75 Å². The zero-order valence-electron chi connectivity index (χ0n) is 15.5. The highest BCUT2D eigenvalue weighted by molar-refractivity contribution is 5.98. The Bertz CT molecular complexity index is 788. The second-order valence-electron chi connectivity index (χ2n) is 7.58. The smallest absolute Gasteiger partial charge is 0.253 e. The molecule has 4 nitrogen and oxygen atoms in total. The standard InChI is InChI=1S/C23H25NO3/c25-22(18-4-2-1-3-5-18)19-12-14-24(15-13-19)23(26)20-8-10-21(11-9-20)27-16-17-6-7-17/h1-5,8-11,17,19H,6-7,12-16H2. The zero-order chi connectivity index (χ0) is 18.6. The lowest BCUT2D eigenvalue weighted by molar-refractivity contribution is 0.0650. The molecule has 1 aliphatic carbocycles. The molecule has 27 heavy (non-hydrogen) atoms. The van der Waals surface area contributed by atoms with Gasteiger partial charge in [-0.1, -0.05) is 30.3 Å². The largest absolute Gasteiger partial charge is 0.493 e. The Hall–Kier alpha value is -2.62. The predicted octanol–water partition coefficient (Wildman–Crippen LogP) is 4.21. The van der Waals surface area contributed by atoms with Crippen molar-refractivity contribution in [2.45, 2.75) is 25.7 Å². The van der Waals surface area contributed by atoms with Gasteiger partial charge in [-0.05, 0) is 55.9 Å². The molecule has 0 spiro atoms. The van der Waals surface area contributed by atoms with Gasteiger partial charge in [-0.2, -0.15) is 0 Å². The molecular formula is C23H25NO3. The second kappa shape index (κ2) is 7.95. The molecular weight excluding hydrogens is 338 g/mol. The van der Waals surface area contributed by atoms with Crippen LogP contribution >= 0.6 is 0 Å². The van der Waals surface area contributed by atoms with Crippen LogP contribution in [-0.4, -0.2) is 36.3 Å². The van der Waals surface area contributed by atoms with Gasteiger partial charge in [0, 0.05) is 30.1 Å². The number of rotatable bonds is 6. The molecule has 0 radical (unpaired) electrons. The highest BCUT2D eigenvalue weighted by Crippen LogP contribution is 2.29. The fourth-order valence-electron chi connectivity index (χ4n) is 3.56. The van der Waals surface area contributed by atoms with E-state index >= 15 is 0 Å². The fourth-order valence-corrected chi connectivity index (χ4v) is 3.56. The Kier molecular flexibility index (Phi) is 5.23. The average Bonchev–Trinajstić information content (AvgIpc) is 3.57. The van der Waals surface area contributed by atoms with E-state index in [2.05, 4.69) is 0 Å². The van der Waals surface area contributed by atoms with Crippen LogP contribution in [0.5, 0.6) is 5.75 Å². The lowest BCUT2D eigenvalue weighted by atomic mass is 9.88. The summed E-state index contributed by atoms with van der Waals surface area (Å²) in [6.07, 6.45) is 3.97. The summed E-state index contributed by atoms with van der Waals surface area (Å²) in [5.41, 5.74) is 1.45. The lowest BCUT2D eigenvalue weighted by Gasteiger charge is -2.31. The van der Waals surface area contributed by atoms with Crippen LogP contribution in [0.2, 0.25) is 0 Å². The van der Waals surface area contributed by atoms with Gasteiger partial charge in [0.15, 0.2) is 5.78 Å². The maximum Gasteiger partial charge on any atom is 0.253 e. The number of benzene rings is 2. The fraction of sp³-hybridized carbons (Fsp3) is 0.391. The van der Waals surface area contributed by atoms with E-state index in [4.69, 9.17) is 4.74 Å². The number of amides is 1. The topological polar surface area (TPSA) is 46.6 Å². The van der Waals surface area contributed by atoms with Crippen LogP contribution in [-0.2, 0) is 0 Å². The average molecular weight is 363 g/mol. The Morgan fingerprint density at radius 3 is 2.15 bits per heavy atom. The molecule has 0 atom stereocenters. The summed E-state index contributed by atoms with van der Waals surface area (Å²) in [4.78, 5) is 27.2. The number of ether oxygens (including phenoxy) is 1. The van der Waals surface area contributed by atoms with E-state index in [0.717, 1.165) is 30.8 Å². The molecule has 1 amide bonds. The summed E-state index contributed by atoms with van der Waals surface area (Å²) in [5.74, 6) is 1.78. The van der Waals surface area contributed by atoms with Crippen LogP contribution in [0.1, 0.15) is 46.4 Å². The Labute approximate surface area is 160 Å². The molecule has 4 heteroatoms. The summed E-state index contributed by atoms with van der Waals surface area (Å²) in [6, 6.07) is 16.9. The molecule has 1 aliphatic heterocycles. The third-order valence-corrected chi connectivity index (χ3v) is 5.50. The van der Waals surface area contributed by atoms with E-state index in [9.17, 15) is 9.59 Å². The van der Waals surface area contributed by atoms with Crippen molar-refractivity contribution in [1.82, 2.24) is 4.90 Å². The van der Waals surface area contributed by atoms with E-state index in [0.29, 0.717) is 24.6 Å². The van der Waals surface area contributed by atoms with Crippen molar-refractivity contribution in [2.75, 3.05) is 19.7 Å². The van der Waals surface area contributed by atoms with Crippen LogP contribution < -0.4 is 4.74 Å². The summed E-state index contributed by atoms with van der Waals surface area (Å²) in [5, 5.41) is 0. The number of carbonyl (C=O) groups is 2. The van der Waals surface area contributed by atoms with Crippen LogP contribution in [0.3, 0.4) is 0 Å². The van der Waals surface area contributed by atoms with Crippen molar-refractivity contribution in [3.8, 4) is 5.75 Å². The number of Topliss-reactive ketones (excluding diaryl/α,β-unsaturated/α-hetero) is 1. The summed E-state index contributed by atoms with van der Waals surface area (Å²) >= 11 is 0. The minimum atomic E-state index is 0.00894. The molecule has 2 aromatic carbocycles.